The molecule has 0 fully saturated rings. The summed E-state index contributed by atoms with van der Waals surface area (Å²) in [6.45, 7) is 12.8. The molecule has 0 aliphatic rings. The summed E-state index contributed by atoms with van der Waals surface area (Å²) >= 11 is 0. The third kappa shape index (κ3) is 6.22. The molecule has 0 bridgehead atoms. The molecule has 3 aromatic rings. The fourth-order valence-electron chi connectivity index (χ4n) is 3.47. The van der Waals surface area contributed by atoms with Crippen LogP contribution >= 0.6 is 0 Å². The molecule has 0 aliphatic carbocycles. The quantitative estimate of drug-likeness (QED) is 0.352. The zero-order chi connectivity index (χ0) is 21.7. The maximum Gasteiger partial charge on any atom is 0.0849 e. The number of hydrogen-bond donors (Lipinski definition) is 0. The SMILES string of the molecule is CC(=Nc1ccccc1C(C)C)c1cccc(C(C)=Nc2ccccc2C(C)C)n1.[Co]. The van der Waals surface area contributed by atoms with Gasteiger partial charge >= 0.3 is 0 Å². The second-order valence-corrected chi connectivity index (χ2v) is 8.23. The molecule has 0 unspecified atom stereocenters. The average Bonchev–Trinajstić information content (AvgIpc) is 2.74. The fraction of sp³-hybridized carbons (Fsp3) is 0.296. The molecule has 0 atom stereocenters. The minimum absolute atomic E-state index is 0. The van der Waals surface area contributed by atoms with Crippen LogP contribution in [-0.4, -0.2) is 16.4 Å². The van der Waals surface area contributed by atoms with Crippen LogP contribution in [0.3, 0.4) is 0 Å². The van der Waals surface area contributed by atoms with Crippen LogP contribution in [0, 0.1) is 0 Å². The summed E-state index contributed by atoms with van der Waals surface area (Å²) in [7, 11) is 0. The van der Waals surface area contributed by atoms with E-state index in [0.717, 1.165) is 34.2 Å². The Labute approximate surface area is 197 Å². The van der Waals surface area contributed by atoms with Gasteiger partial charge in [0.25, 0.3) is 0 Å². The Kier molecular flexibility index (Phi) is 8.90. The molecule has 163 valence electrons. The monoisotopic (exact) mass is 456 g/mol. The molecular weight excluding hydrogens is 425 g/mol. The molecule has 3 nitrogen and oxygen atoms in total. The van der Waals surface area contributed by atoms with Crippen molar-refractivity contribution >= 4 is 22.8 Å². The number of nitrogens with zero attached hydrogens (tertiary/aromatic N) is 3. The molecule has 31 heavy (non-hydrogen) atoms. The molecule has 0 amide bonds. The van der Waals surface area contributed by atoms with E-state index in [-0.39, 0.29) is 16.8 Å². The number of rotatable bonds is 6. The first-order valence-corrected chi connectivity index (χ1v) is 10.6. The predicted octanol–water partition coefficient (Wildman–Crippen LogP) is 7.61. The first-order valence-electron chi connectivity index (χ1n) is 10.6. The second kappa shape index (κ2) is 11.2. The van der Waals surface area contributed by atoms with Gasteiger partial charge in [-0.25, -0.2) is 4.98 Å². The van der Waals surface area contributed by atoms with E-state index < -0.39 is 0 Å². The van der Waals surface area contributed by atoms with Crippen LogP contribution in [0.4, 0.5) is 11.4 Å². The molecule has 0 saturated carbocycles. The summed E-state index contributed by atoms with van der Waals surface area (Å²) in [4.78, 5) is 14.6. The van der Waals surface area contributed by atoms with Gasteiger partial charge in [0.15, 0.2) is 0 Å². The van der Waals surface area contributed by atoms with Gasteiger partial charge in [-0.3, -0.25) is 9.98 Å². The van der Waals surface area contributed by atoms with E-state index in [1.165, 1.54) is 11.1 Å². The summed E-state index contributed by atoms with van der Waals surface area (Å²) < 4.78 is 0. The van der Waals surface area contributed by atoms with Crippen molar-refractivity contribution in [2.75, 3.05) is 0 Å². The molecule has 3 rings (SSSR count). The van der Waals surface area contributed by atoms with Crippen molar-refractivity contribution in [1.29, 1.82) is 0 Å². The van der Waals surface area contributed by atoms with Gasteiger partial charge in [0.05, 0.1) is 34.2 Å². The molecule has 0 spiro atoms. The van der Waals surface area contributed by atoms with E-state index in [1.807, 2.05) is 44.2 Å². The van der Waals surface area contributed by atoms with Crippen LogP contribution < -0.4 is 0 Å². The number of aliphatic imine (C=N–C) groups is 2. The molecular formula is C27H31CoN3. The Morgan fingerprint density at radius 1 is 0.613 bits per heavy atom. The maximum atomic E-state index is 4.89. The molecule has 0 aliphatic heterocycles. The van der Waals surface area contributed by atoms with E-state index in [4.69, 9.17) is 15.0 Å². The van der Waals surface area contributed by atoms with Gasteiger partial charge in [-0.1, -0.05) is 70.2 Å². The summed E-state index contributed by atoms with van der Waals surface area (Å²) in [6.07, 6.45) is 0. The number of aromatic nitrogens is 1. The van der Waals surface area contributed by atoms with Crippen LogP contribution in [0.15, 0.2) is 76.7 Å². The maximum absolute atomic E-state index is 4.89. The van der Waals surface area contributed by atoms with Gasteiger partial charge in [-0.2, -0.15) is 0 Å². The molecule has 4 heteroatoms. The van der Waals surface area contributed by atoms with Crippen LogP contribution in [0.2, 0.25) is 0 Å². The molecule has 2 aromatic carbocycles. The molecule has 0 saturated heterocycles. The Morgan fingerprint density at radius 2 is 1.00 bits per heavy atom. The predicted molar refractivity (Wildman–Crippen MR) is 129 cm³/mol. The van der Waals surface area contributed by atoms with Crippen molar-refractivity contribution < 1.29 is 16.8 Å². The van der Waals surface area contributed by atoms with Gasteiger partial charge in [-0.15, -0.1) is 0 Å². The first kappa shape index (κ1) is 24.7. The average molecular weight is 456 g/mol. The van der Waals surface area contributed by atoms with Crippen molar-refractivity contribution in [1.82, 2.24) is 4.98 Å². The van der Waals surface area contributed by atoms with E-state index >= 15 is 0 Å². The van der Waals surface area contributed by atoms with Gasteiger partial charge in [-0.05, 0) is 61.1 Å². The smallest absolute Gasteiger partial charge is 0.0849 e. The van der Waals surface area contributed by atoms with Crippen molar-refractivity contribution in [3.8, 4) is 0 Å². The summed E-state index contributed by atoms with van der Waals surface area (Å²) in [5.74, 6) is 0.847. The Bertz CT molecular complexity index is 998. The number of hydrogen-bond acceptors (Lipinski definition) is 3. The van der Waals surface area contributed by atoms with Crippen molar-refractivity contribution in [3.05, 3.63) is 89.2 Å². The third-order valence-electron chi connectivity index (χ3n) is 5.18. The van der Waals surface area contributed by atoms with Gasteiger partial charge in [0, 0.05) is 16.8 Å². The molecule has 1 heterocycles. The van der Waals surface area contributed by atoms with Gasteiger partial charge in [0.2, 0.25) is 0 Å². The summed E-state index contributed by atoms with van der Waals surface area (Å²) in [5.41, 5.74) is 8.06. The zero-order valence-electron chi connectivity index (χ0n) is 19.2. The first-order chi connectivity index (χ1) is 14.4. The second-order valence-electron chi connectivity index (χ2n) is 8.23. The van der Waals surface area contributed by atoms with Crippen LogP contribution in [0.1, 0.15) is 75.9 Å². The normalized spacial score (nSPS) is 12.3. The fourth-order valence-corrected chi connectivity index (χ4v) is 3.47. The van der Waals surface area contributed by atoms with Crippen molar-refractivity contribution in [3.63, 3.8) is 0 Å². The number of pyridine rings is 1. The van der Waals surface area contributed by atoms with Crippen molar-refractivity contribution in [2.24, 2.45) is 9.98 Å². The zero-order valence-corrected chi connectivity index (χ0v) is 20.2. The van der Waals surface area contributed by atoms with Gasteiger partial charge in [0.1, 0.15) is 0 Å². The Morgan fingerprint density at radius 3 is 1.39 bits per heavy atom. The largest absolute Gasteiger partial charge is 0.251 e. The van der Waals surface area contributed by atoms with Gasteiger partial charge < -0.3 is 0 Å². The van der Waals surface area contributed by atoms with Crippen LogP contribution in [0.5, 0.6) is 0 Å². The Hall–Kier alpha value is -2.56. The Balaban J connectivity index is 0.00000341. The number of benzene rings is 2. The van der Waals surface area contributed by atoms with E-state index in [2.05, 4.69) is 64.1 Å². The summed E-state index contributed by atoms with van der Waals surface area (Å²) in [5, 5.41) is 0. The van der Waals surface area contributed by atoms with Crippen LogP contribution in [0.25, 0.3) is 0 Å². The molecule has 1 aromatic heterocycles. The molecule has 0 N–H and O–H groups in total. The topological polar surface area (TPSA) is 37.6 Å². The summed E-state index contributed by atoms with van der Waals surface area (Å²) in [6, 6.07) is 22.7. The van der Waals surface area contributed by atoms with E-state index in [0.29, 0.717) is 11.8 Å². The van der Waals surface area contributed by atoms with Crippen LogP contribution in [-0.2, 0) is 16.8 Å². The minimum Gasteiger partial charge on any atom is -0.251 e. The van der Waals surface area contributed by atoms with Crippen molar-refractivity contribution in [2.45, 2.75) is 53.4 Å². The van der Waals surface area contributed by atoms with E-state index in [1.54, 1.807) is 0 Å². The minimum atomic E-state index is 0. The standard InChI is InChI=1S/C27H31N3.Co/c1-18(2)22-12-7-9-14-26(22)28-20(5)24-16-11-17-25(30-24)21(6)29-27-15-10-8-13-23(27)19(3)4;/h7-19H,1-6H3;. The van der Waals surface area contributed by atoms with E-state index in [9.17, 15) is 0 Å². The third-order valence-corrected chi connectivity index (χ3v) is 5.18. The number of para-hydroxylation sites is 2. The molecule has 1 radical (unpaired) electrons.